The number of hydrogen-bond acceptors (Lipinski definition) is 2. The Bertz CT molecular complexity index is 324. The van der Waals surface area contributed by atoms with E-state index in [-0.39, 0.29) is 5.69 Å². The highest BCUT2D eigenvalue weighted by atomic mass is 19.4. The number of nitrogens with zero attached hydrogens (tertiary/aromatic N) is 2. The van der Waals surface area contributed by atoms with Crippen LogP contribution in [0.15, 0.2) is 12.3 Å². The lowest BCUT2D eigenvalue weighted by Crippen LogP contribution is -2.11. The molecule has 0 aliphatic rings. The lowest BCUT2D eigenvalue weighted by atomic mass is 10.4. The van der Waals surface area contributed by atoms with Crippen molar-refractivity contribution < 1.29 is 13.2 Å². The van der Waals surface area contributed by atoms with Gasteiger partial charge in [0.05, 0.1) is 0 Å². The van der Waals surface area contributed by atoms with Crippen LogP contribution in [0.1, 0.15) is 11.5 Å². The van der Waals surface area contributed by atoms with E-state index in [1.165, 1.54) is 6.07 Å². The highest BCUT2D eigenvalue weighted by molar-refractivity contribution is 5.22. The van der Waals surface area contributed by atoms with Gasteiger partial charge in [0.2, 0.25) is 5.82 Å². The second-order valence-corrected chi connectivity index (χ2v) is 1.91. The molecule has 1 rings (SSSR count). The minimum absolute atomic E-state index is 0.0719. The van der Waals surface area contributed by atoms with Crippen molar-refractivity contribution in [3.63, 3.8) is 0 Å². The third kappa shape index (κ3) is 1.72. The zero-order chi connectivity index (χ0) is 9.19. The van der Waals surface area contributed by atoms with E-state index in [0.29, 0.717) is 0 Å². The van der Waals surface area contributed by atoms with Gasteiger partial charge in [-0.25, -0.2) is 9.97 Å². The molecule has 1 heterocycles. The fourth-order valence-corrected chi connectivity index (χ4v) is 0.576. The quantitative estimate of drug-likeness (QED) is 0.554. The van der Waals surface area contributed by atoms with Gasteiger partial charge in [-0.1, -0.05) is 5.92 Å². The van der Waals surface area contributed by atoms with E-state index < -0.39 is 12.0 Å². The molecule has 0 radical (unpaired) electrons. The second-order valence-electron chi connectivity index (χ2n) is 1.91. The lowest BCUT2D eigenvalue weighted by molar-refractivity contribution is -0.145. The summed E-state index contributed by atoms with van der Waals surface area (Å²) < 4.78 is 35.7. The standard InChI is InChI=1S/C7H3F3N2/c1-2-5-3-4-11-6(12-5)7(8,9)10/h1,3-4H. The predicted molar refractivity (Wildman–Crippen MR) is 35.0 cm³/mol. The Morgan fingerprint density at radius 1 is 1.42 bits per heavy atom. The van der Waals surface area contributed by atoms with Gasteiger partial charge in [-0.3, -0.25) is 0 Å². The van der Waals surface area contributed by atoms with Crippen LogP contribution in [0.25, 0.3) is 0 Å². The van der Waals surface area contributed by atoms with Crippen molar-refractivity contribution >= 4 is 0 Å². The zero-order valence-corrected chi connectivity index (χ0v) is 5.76. The predicted octanol–water partition coefficient (Wildman–Crippen LogP) is 1.48. The van der Waals surface area contributed by atoms with E-state index >= 15 is 0 Å². The molecule has 1 aromatic heterocycles. The van der Waals surface area contributed by atoms with Crippen LogP contribution >= 0.6 is 0 Å². The van der Waals surface area contributed by atoms with E-state index in [4.69, 9.17) is 6.42 Å². The smallest absolute Gasteiger partial charge is 0.233 e. The maximum absolute atomic E-state index is 11.9. The molecular weight excluding hydrogens is 169 g/mol. The molecule has 0 aromatic carbocycles. The first kappa shape index (κ1) is 8.53. The van der Waals surface area contributed by atoms with Crippen molar-refractivity contribution in [3.8, 4) is 12.3 Å². The molecule has 1 aromatic rings. The first-order valence-electron chi connectivity index (χ1n) is 2.91. The average Bonchev–Trinajstić information content (AvgIpc) is 2.03. The van der Waals surface area contributed by atoms with Crippen molar-refractivity contribution in [3.05, 3.63) is 23.8 Å². The van der Waals surface area contributed by atoms with Crippen molar-refractivity contribution in [2.24, 2.45) is 0 Å². The fourth-order valence-electron chi connectivity index (χ4n) is 0.576. The molecule has 0 aliphatic carbocycles. The Morgan fingerprint density at radius 3 is 2.58 bits per heavy atom. The molecule has 0 unspecified atom stereocenters. The molecule has 0 fully saturated rings. The molecule has 0 atom stereocenters. The summed E-state index contributed by atoms with van der Waals surface area (Å²) in [6.45, 7) is 0. The number of hydrogen-bond donors (Lipinski definition) is 0. The number of halogens is 3. The Kier molecular flexibility index (Phi) is 2.00. The first-order valence-corrected chi connectivity index (χ1v) is 2.91. The van der Waals surface area contributed by atoms with Gasteiger partial charge in [0, 0.05) is 6.20 Å². The van der Waals surface area contributed by atoms with Crippen molar-refractivity contribution in [1.29, 1.82) is 0 Å². The minimum Gasteiger partial charge on any atom is -0.233 e. The fraction of sp³-hybridized carbons (Fsp3) is 0.143. The summed E-state index contributed by atoms with van der Waals surface area (Å²) in [6, 6.07) is 1.23. The van der Waals surface area contributed by atoms with Crippen LogP contribution in [0.5, 0.6) is 0 Å². The largest absolute Gasteiger partial charge is 0.451 e. The topological polar surface area (TPSA) is 25.8 Å². The Hall–Kier alpha value is -1.57. The SMILES string of the molecule is C#Cc1ccnc(C(F)(F)F)n1. The maximum Gasteiger partial charge on any atom is 0.451 e. The van der Waals surface area contributed by atoms with Crippen LogP contribution in [-0.2, 0) is 6.18 Å². The molecule has 62 valence electrons. The van der Waals surface area contributed by atoms with Crippen LogP contribution < -0.4 is 0 Å². The average molecular weight is 172 g/mol. The third-order valence-electron chi connectivity index (χ3n) is 1.06. The van der Waals surface area contributed by atoms with E-state index in [1.54, 1.807) is 0 Å². The third-order valence-corrected chi connectivity index (χ3v) is 1.06. The molecule has 0 aliphatic heterocycles. The summed E-state index contributed by atoms with van der Waals surface area (Å²) in [7, 11) is 0. The van der Waals surface area contributed by atoms with E-state index in [9.17, 15) is 13.2 Å². The number of aromatic nitrogens is 2. The molecular formula is C7H3F3N2. The van der Waals surface area contributed by atoms with E-state index in [0.717, 1.165) is 6.20 Å². The summed E-state index contributed by atoms with van der Waals surface area (Å²) in [4.78, 5) is 6.12. The van der Waals surface area contributed by atoms with Crippen LogP contribution in [-0.4, -0.2) is 9.97 Å². The molecule has 0 amide bonds. The molecule has 0 spiro atoms. The number of terminal acetylenes is 1. The van der Waals surface area contributed by atoms with Gasteiger partial charge < -0.3 is 0 Å². The van der Waals surface area contributed by atoms with Crippen LogP contribution in [0, 0.1) is 12.3 Å². The Labute approximate surface area is 66.5 Å². The molecule has 0 saturated carbocycles. The Balaban J connectivity index is 3.13. The summed E-state index contributed by atoms with van der Waals surface area (Å²) in [5, 5.41) is 0. The van der Waals surface area contributed by atoms with Gasteiger partial charge in [0.25, 0.3) is 0 Å². The summed E-state index contributed by atoms with van der Waals surface area (Å²) >= 11 is 0. The monoisotopic (exact) mass is 172 g/mol. The van der Waals surface area contributed by atoms with Gasteiger partial charge in [-0.15, -0.1) is 6.42 Å². The molecule has 0 saturated heterocycles. The van der Waals surface area contributed by atoms with Gasteiger partial charge >= 0.3 is 6.18 Å². The second kappa shape index (κ2) is 2.81. The van der Waals surface area contributed by atoms with Gasteiger partial charge in [-0.05, 0) is 6.07 Å². The summed E-state index contributed by atoms with van der Waals surface area (Å²) in [6.07, 6.45) is 1.30. The van der Waals surface area contributed by atoms with Gasteiger partial charge in [0.15, 0.2) is 0 Å². The Morgan fingerprint density at radius 2 is 2.08 bits per heavy atom. The van der Waals surface area contributed by atoms with Crippen LogP contribution in [0.3, 0.4) is 0 Å². The van der Waals surface area contributed by atoms with E-state index in [1.807, 2.05) is 5.92 Å². The van der Waals surface area contributed by atoms with Crippen molar-refractivity contribution in [1.82, 2.24) is 9.97 Å². The first-order chi connectivity index (χ1) is 5.54. The van der Waals surface area contributed by atoms with Crippen LogP contribution in [0.2, 0.25) is 0 Å². The lowest BCUT2D eigenvalue weighted by Gasteiger charge is -2.02. The van der Waals surface area contributed by atoms with Crippen molar-refractivity contribution in [2.45, 2.75) is 6.18 Å². The number of rotatable bonds is 0. The number of alkyl halides is 3. The zero-order valence-electron chi connectivity index (χ0n) is 5.76. The van der Waals surface area contributed by atoms with Gasteiger partial charge in [-0.2, -0.15) is 13.2 Å². The summed E-state index contributed by atoms with van der Waals surface area (Å²) in [5.41, 5.74) is -0.0719. The highest BCUT2D eigenvalue weighted by Crippen LogP contribution is 2.25. The minimum atomic E-state index is -4.53. The van der Waals surface area contributed by atoms with Crippen LogP contribution in [0.4, 0.5) is 13.2 Å². The molecule has 0 bridgehead atoms. The highest BCUT2D eigenvalue weighted by Gasteiger charge is 2.34. The maximum atomic E-state index is 11.9. The summed E-state index contributed by atoms with van der Waals surface area (Å²) in [5.74, 6) is 0.778. The van der Waals surface area contributed by atoms with Crippen molar-refractivity contribution in [2.75, 3.05) is 0 Å². The van der Waals surface area contributed by atoms with Gasteiger partial charge in [0.1, 0.15) is 5.69 Å². The molecule has 2 nitrogen and oxygen atoms in total. The molecule has 12 heavy (non-hydrogen) atoms. The normalized spacial score (nSPS) is 10.8. The molecule has 0 N–H and O–H groups in total. The van der Waals surface area contributed by atoms with E-state index in [2.05, 4.69) is 9.97 Å². The molecule has 5 heteroatoms.